The van der Waals surface area contributed by atoms with Crippen molar-refractivity contribution in [2.24, 2.45) is 0 Å². The first-order valence-corrected chi connectivity index (χ1v) is 12.1. The summed E-state index contributed by atoms with van der Waals surface area (Å²) in [4.78, 5) is 23.9. The Morgan fingerprint density at radius 1 is 0.759 bits per heavy atom. The molecule has 0 aliphatic carbocycles. The van der Waals surface area contributed by atoms with Gasteiger partial charge in [0, 0.05) is 17.0 Å². The maximum absolute atomic E-state index is 12.0. The third kappa shape index (κ3) is 14.3. The lowest BCUT2D eigenvalue weighted by Gasteiger charge is -2.05. The molecule has 0 spiro atoms. The minimum Gasteiger partial charge on any atom is -0.292 e. The number of hydrogen-bond donors (Lipinski definition) is 1. The van der Waals surface area contributed by atoms with E-state index in [0.717, 1.165) is 12.8 Å². The lowest BCUT2D eigenvalue weighted by molar-refractivity contribution is -0.120. The van der Waals surface area contributed by atoms with Gasteiger partial charge in [-0.25, -0.2) is 0 Å². The van der Waals surface area contributed by atoms with Crippen molar-refractivity contribution in [3.05, 3.63) is 34.9 Å². The highest BCUT2D eigenvalue weighted by Gasteiger charge is 2.10. The van der Waals surface area contributed by atoms with E-state index in [0.29, 0.717) is 17.0 Å². The Kier molecular flexibility index (Phi) is 15.5. The highest BCUT2D eigenvalue weighted by Crippen LogP contribution is 2.14. The highest BCUT2D eigenvalue weighted by molar-refractivity contribution is 6.31. The molecule has 0 bridgehead atoms. The first-order chi connectivity index (χ1) is 14.1. The van der Waals surface area contributed by atoms with Gasteiger partial charge < -0.3 is 0 Å². The minimum atomic E-state index is -0.376. The molecule has 0 saturated carbocycles. The molecule has 2 amide bonds. The van der Waals surface area contributed by atoms with Gasteiger partial charge in [0.2, 0.25) is 5.91 Å². The molecule has 0 heterocycles. The number of carbonyl (C=O) groups excluding carboxylic acids is 2. The summed E-state index contributed by atoms with van der Waals surface area (Å²) in [5.74, 6) is -0.580. The standard InChI is InChI=1S/C25H40ClNO2/c1-2-3-4-5-6-7-8-9-10-11-12-13-14-15-16-20-24(28)27-25(29)22-18-17-19-23(26)21-22/h17-19,21H,2-16,20H2,1H3,(H,27,28,29). The van der Waals surface area contributed by atoms with Gasteiger partial charge in [-0.05, 0) is 24.6 Å². The summed E-state index contributed by atoms with van der Waals surface area (Å²) in [5.41, 5.74) is 0.419. The Balaban J connectivity index is 1.88. The minimum absolute atomic E-state index is 0.204. The molecular formula is C25H40ClNO2. The number of carbonyl (C=O) groups is 2. The second kappa shape index (κ2) is 17.5. The average molecular weight is 422 g/mol. The molecule has 1 N–H and O–H groups in total. The maximum Gasteiger partial charge on any atom is 0.257 e. The predicted molar refractivity (Wildman–Crippen MR) is 123 cm³/mol. The number of unbranched alkanes of at least 4 members (excludes halogenated alkanes) is 14. The van der Waals surface area contributed by atoms with E-state index in [1.165, 1.54) is 83.5 Å². The fraction of sp³-hybridized carbons (Fsp3) is 0.680. The second-order valence-corrected chi connectivity index (χ2v) is 8.52. The molecule has 3 nitrogen and oxygen atoms in total. The molecular weight excluding hydrogens is 382 g/mol. The van der Waals surface area contributed by atoms with Crippen LogP contribution in [0.5, 0.6) is 0 Å². The van der Waals surface area contributed by atoms with Crippen LogP contribution in [0.3, 0.4) is 0 Å². The number of amides is 2. The van der Waals surface area contributed by atoms with E-state index in [9.17, 15) is 9.59 Å². The molecule has 0 radical (unpaired) electrons. The largest absolute Gasteiger partial charge is 0.292 e. The van der Waals surface area contributed by atoms with Gasteiger partial charge in [0.1, 0.15) is 0 Å². The Hall–Kier alpha value is -1.35. The van der Waals surface area contributed by atoms with Gasteiger partial charge in [-0.15, -0.1) is 0 Å². The molecule has 164 valence electrons. The van der Waals surface area contributed by atoms with E-state index >= 15 is 0 Å². The highest BCUT2D eigenvalue weighted by atomic mass is 35.5. The molecule has 0 atom stereocenters. The van der Waals surface area contributed by atoms with Crippen molar-refractivity contribution in [1.82, 2.24) is 5.32 Å². The zero-order valence-corrected chi connectivity index (χ0v) is 19.1. The molecule has 0 fully saturated rings. The van der Waals surface area contributed by atoms with Crippen LogP contribution in [0.4, 0.5) is 0 Å². The van der Waals surface area contributed by atoms with E-state index in [-0.39, 0.29) is 11.8 Å². The van der Waals surface area contributed by atoms with Crippen LogP contribution in [0.2, 0.25) is 5.02 Å². The molecule has 0 unspecified atom stereocenters. The topological polar surface area (TPSA) is 46.2 Å². The first-order valence-electron chi connectivity index (χ1n) is 11.7. The summed E-state index contributed by atoms with van der Waals surface area (Å²) in [6.07, 6.45) is 19.9. The van der Waals surface area contributed by atoms with Crippen molar-refractivity contribution in [1.29, 1.82) is 0 Å². The molecule has 0 saturated heterocycles. The summed E-state index contributed by atoms with van der Waals surface area (Å²) in [5, 5.41) is 2.93. The monoisotopic (exact) mass is 421 g/mol. The summed E-state index contributed by atoms with van der Waals surface area (Å²) in [6.45, 7) is 2.27. The lowest BCUT2D eigenvalue weighted by atomic mass is 10.0. The van der Waals surface area contributed by atoms with Crippen LogP contribution in [0.1, 0.15) is 120 Å². The van der Waals surface area contributed by atoms with E-state index < -0.39 is 0 Å². The Morgan fingerprint density at radius 2 is 1.24 bits per heavy atom. The third-order valence-corrected chi connectivity index (χ3v) is 5.58. The summed E-state index contributed by atoms with van der Waals surface area (Å²) < 4.78 is 0. The fourth-order valence-electron chi connectivity index (χ4n) is 3.55. The zero-order valence-electron chi connectivity index (χ0n) is 18.3. The van der Waals surface area contributed by atoms with Crippen molar-refractivity contribution in [3.8, 4) is 0 Å². The van der Waals surface area contributed by atoms with Gasteiger partial charge in [-0.2, -0.15) is 0 Å². The van der Waals surface area contributed by atoms with Gasteiger partial charge in [0.15, 0.2) is 0 Å². The molecule has 1 aromatic carbocycles. The summed E-state index contributed by atoms with van der Waals surface area (Å²) in [7, 11) is 0. The van der Waals surface area contributed by atoms with Crippen LogP contribution in [0.15, 0.2) is 24.3 Å². The number of nitrogens with one attached hydrogen (secondary N) is 1. The molecule has 0 aromatic heterocycles. The average Bonchev–Trinajstić information content (AvgIpc) is 2.71. The lowest BCUT2D eigenvalue weighted by Crippen LogP contribution is -2.30. The normalized spacial score (nSPS) is 10.8. The van der Waals surface area contributed by atoms with Crippen molar-refractivity contribution in [2.75, 3.05) is 0 Å². The van der Waals surface area contributed by atoms with Crippen LogP contribution in [0.25, 0.3) is 0 Å². The number of imide groups is 1. The summed E-state index contributed by atoms with van der Waals surface area (Å²) >= 11 is 5.87. The van der Waals surface area contributed by atoms with Crippen LogP contribution in [0, 0.1) is 0 Å². The van der Waals surface area contributed by atoms with Crippen LogP contribution in [-0.2, 0) is 4.79 Å². The second-order valence-electron chi connectivity index (χ2n) is 8.09. The number of benzene rings is 1. The molecule has 0 aliphatic heterocycles. The predicted octanol–water partition coefficient (Wildman–Crippen LogP) is 7.86. The van der Waals surface area contributed by atoms with Crippen molar-refractivity contribution < 1.29 is 9.59 Å². The van der Waals surface area contributed by atoms with Crippen LogP contribution in [-0.4, -0.2) is 11.8 Å². The van der Waals surface area contributed by atoms with Crippen LogP contribution >= 0.6 is 11.6 Å². The molecule has 1 aromatic rings. The van der Waals surface area contributed by atoms with Crippen molar-refractivity contribution in [3.63, 3.8) is 0 Å². The van der Waals surface area contributed by atoms with Crippen molar-refractivity contribution in [2.45, 2.75) is 110 Å². The molecule has 0 aliphatic rings. The third-order valence-electron chi connectivity index (χ3n) is 5.35. The smallest absolute Gasteiger partial charge is 0.257 e. The fourth-order valence-corrected chi connectivity index (χ4v) is 3.74. The van der Waals surface area contributed by atoms with Crippen LogP contribution < -0.4 is 5.32 Å². The first kappa shape index (κ1) is 25.7. The van der Waals surface area contributed by atoms with E-state index in [1.54, 1.807) is 24.3 Å². The molecule has 4 heteroatoms. The van der Waals surface area contributed by atoms with Gasteiger partial charge in [0.25, 0.3) is 5.91 Å². The Labute approximate surface area is 183 Å². The van der Waals surface area contributed by atoms with Crippen molar-refractivity contribution >= 4 is 23.4 Å². The van der Waals surface area contributed by atoms with Gasteiger partial charge >= 0.3 is 0 Å². The van der Waals surface area contributed by atoms with Gasteiger partial charge in [0.05, 0.1) is 0 Å². The summed E-state index contributed by atoms with van der Waals surface area (Å²) in [6, 6.07) is 6.63. The van der Waals surface area contributed by atoms with E-state index in [1.807, 2.05) is 0 Å². The van der Waals surface area contributed by atoms with E-state index in [2.05, 4.69) is 12.2 Å². The number of hydrogen-bond acceptors (Lipinski definition) is 2. The molecule has 29 heavy (non-hydrogen) atoms. The zero-order chi connectivity index (χ0) is 21.2. The van der Waals surface area contributed by atoms with Gasteiger partial charge in [-0.1, -0.05) is 114 Å². The number of halogens is 1. The Morgan fingerprint density at radius 3 is 1.72 bits per heavy atom. The van der Waals surface area contributed by atoms with E-state index in [4.69, 9.17) is 11.6 Å². The maximum atomic E-state index is 12.0. The Bertz CT molecular complexity index is 574. The SMILES string of the molecule is CCCCCCCCCCCCCCCCCC(=O)NC(=O)c1cccc(Cl)c1. The number of rotatable bonds is 17. The van der Waals surface area contributed by atoms with Gasteiger partial charge in [-0.3, -0.25) is 14.9 Å². The quantitative estimate of drug-likeness (QED) is 0.260. The molecule has 1 rings (SSSR count).